The molecule has 0 bridgehead atoms. The minimum absolute atomic E-state index is 0.564. The first-order valence-electron chi connectivity index (χ1n) is 5.28. The van der Waals surface area contributed by atoms with E-state index < -0.39 is 0 Å². The van der Waals surface area contributed by atoms with Gasteiger partial charge in [0.15, 0.2) is 17.2 Å². The van der Waals surface area contributed by atoms with Gasteiger partial charge in [-0.1, -0.05) is 6.42 Å². The van der Waals surface area contributed by atoms with Crippen LogP contribution in [0.5, 0.6) is 5.75 Å². The van der Waals surface area contributed by atoms with Gasteiger partial charge in [0.25, 0.3) is 0 Å². The zero-order chi connectivity index (χ0) is 10.3. The fourth-order valence-corrected chi connectivity index (χ4v) is 1.90. The summed E-state index contributed by atoms with van der Waals surface area (Å²) in [6.45, 7) is 0. The Morgan fingerprint density at radius 1 is 1.47 bits per heavy atom. The van der Waals surface area contributed by atoms with Gasteiger partial charge in [-0.25, -0.2) is 9.50 Å². The number of rotatable bonds is 2. The Labute approximate surface area is 87.9 Å². The number of methoxy groups -OCH3 is 1. The molecule has 2 heterocycles. The summed E-state index contributed by atoms with van der Waals surface area (Å²) in [5, 5.41) is 4.47. The van der Waals surface area contributed by atoms with Crippen molar-refractivity contribution in [3.8, 4) is 5.75 Å². The quantitative estimate of drug-likeness (QED) is 0.749. The van der Waals surface area contributed by atoms with Crippen LogP contribution >= 0.6 is 0 Å². The van der Waals surface area contributed by atoms with Crippen LogP contribution in [0.3, 0.4) is 0 Å². The van der Waals surface area contributed by atoms with Gasteiger partial charge in [0, 0.05) is 12.1 Å². The van der Waals surface area contributed by atoms with E-state index in [0.717, 1.165) is 17.2 Å². The number of nitrogens with zero attached hydrogens (tertiary/aromatic N) is 3. The lowest BCUT2D eigenvalue weighted by atomic mass is 9.85. The molecule has 0 saturated heterocycles. The Bertz CT molecular complexity index is 488. The Balaban J connectivity index is 2.12. The molecule has 15 heavy (non-hydrogen) atoms. The maximum Gasteiger partial charge on any atom is 0.198 e. The number of hydrogen-bond donors (Lipinski definition) is 0. The lowest BCUT2D eigenvalue weighted by Gasteiger charge is -2.21. The minimum atomic E-state index is 0.564. The van der Waals surface area contributed by atoms with Gasteiger partial charge in [-0.05, 0) is 25.0 Å². The van der Waals surface area contributed by atoms with Crippen LogP contribution in [0.4, 0.5) is 0 Å². The van der Waals surface area contributed by atoms with Gasteiger partial charge >= 0.3 is 0 Å². The van der Waals surface area contributed by atoms with E-state index in [1.165, 1.54) is 19.3 Å². The molecule has 0 unspecified atom stereocenters. The fourth-order valence-electron chi connectivity index (χ4n) is 1.90. The lowest BCUT2D eigenvalue weighted by molar-refractivity contribution is 0.401. The van der Waals surface area contributed by atoms with E-state index in [2.05, 4.69) is 10.1 Å². The van der Waals surface area contributed by atoms with E-state index in [0.29, 0.717) is 5.92 Å². The third-order valence-corrected chi connectivity index (χ3v) is 3.03. The Morgan fingerprint density at radius 3 is 3.00 bits per heavy atom. The van der Waals surface area contributed by atoms with E-state index in [-0.39, 0.29) is 0 Å². The first-order chi connectivity index (χ1) is 7.38. The van der Waals surface area contributed by atoms with Gasteiger partial charge < -0.3 is 4.74 Å². The first kappa shape index (κ1) is 8.71. The summed E-state index contributed by atoms with van der Waals surface area (Å²) >= 11 is 0. The lowest BCUT2D eigenvalue weighted by Crippen LogP contribution is -2.10. The summed E-state index contributed by atoms with van der Waals surface area (Å²) in [5.41, 5.74) is 0.821. The first-order valence-corrected chi connectivity index (χ1v) is 5.28. The van der Waals surface area contributed by atoms with Gasteiger partial charge in [-0.15, -0.1) is 0 Å². The number of hydrogen-bond acceptors (Lipinski definition) is 3. The molecular formula is C11H13N3O. The van der Waals surface area contributed by atoms with Crippen LogP contribution in [0.25, 0.3) is 5.65 Å². The monoisotopic (exact) mass is 203 g/mol. The molecule has 1 aliphatic rings. The second-order valence-electron chi connectivity index (χ2n) is 3.94. The molecule has 0 atom stereocenters. The van der Waals surface area contributed by atoms with E-state index in [1.54, 1.807) is 11.6 Å². The molecule has 1 fully saturated rings. The normalized spacial score (nSPS) is 16.6. The van der Waals surface area contributed by atoms with E-state index >= 15 is 0 Å². The standard InChI is InChI=1S/C11H13N3O/c1-15-9-6-3-7-14-11(9)12-10(13-14)8-4-2-5-8/h3,6-8H,2,4-5H2,1H3. The molecule has 4 nitrogen and oxygen atoms in total. The molecule has 0 radical (unpaired) electrons. The smallest absolute Gasteiger partial charge is 0.198 e. The van der Waals surface area contributed by atoms with Crippen LogP contribution in [0.2, 0.25) is 0 Å². The highest BCUT2D eigenvalue weighted by Gasteiger charge is 2.24. The molecule has 0 aromatic carbocycles. The summed E-state index contributed by atoms with van der Waals surface area (Å²) in [6, 6.07) is 3.83. The maximum absolute atomic E-state index is 5.25. The summed E-state index contributed by atoms with van der Waals surface area (Å²) in [7, 11) is 1.66. The Hall–Kier alpha value is -1.58. The molecule has 0 aliphatic heterocycles. The van der Waals surface area contributed by atoms with Gasteiger partial charge in [0.2, 0.25) is 0 Å². The third kappa shape index (κ3) is 1.28. The van der Waals surface area contributed by atoms with Crippen LogP contribution in [0, 0.1) is 0 Å². The SMILES string of the molecule is COc1cccn2nc(C3CCC3)nc12. The molecule has 4 heteroatoms. The predicted octanol–water partition coefficient (Wildman–Crippen LogP) is 2.01. The van der Waals surface area contributed by atoms with Gasteiger partial charge in [0.1, 0.15) is 0 Å². The highest BCUT2D eigenvalue weighted by Crippen LogP contribution is 2.35. The minimum Gasteiger partial charge on any atom is -0.493 e. The fraction of sp³-hybridized carbons (Fsp3) is 0.455. The van der Waals surface area contributed by atoms with Gasteiger partial charge in [0.05, 0.1) is 7.11 Å². The summed E-state index contributed by atoms with van der Waals surface area (Å²) in [5.74, 6) is 2.32. The summed E-state index contributed by atoms with van der Waals surface area (Å²) in [4.78, 5) is 4.53. The van der Waals surface area contributed by atoms with Crippen molar-refractivity contribution in [1.82, 2.24) is 14.6 Å². The second kappa shape index (κ2) is 3.22. The van der Waals surface area contributed by atoms with Crippen LogP contribution in [0.1, 0.15) is 31.0 Å². The topological polar surface area (TPSA) is 39.4 Å². The molecule has 0 N–H and O–H groups in total. The molecule has 78 valence electrons. The third-order valence-electron chi connectivity index (χ3n) is 3.03. The molecule has 2 aromatic rings. The highest BCUT2D eigenvalue weighted by atomic mass is 16.5. The number of fused-ring (bicyclic) bond motifs is 1. The van der Waals surface area contributed by atoms with Crippen molar-refractivity contribution in [2.75, 3.05) is 7.11 Å². The van der Waals surface area contributed by atoms with Gasteiger partial charge in [-0.2, -0.15) is 5.10 Å². The van der Waals surface area contributed by atoms with Crippen molar-refractivity contribution in [3.05, 3.63) is 24.2 Å². The van der Waals surface area contributed by atoms with E-state index in [1.807, 2.05) is 18.3 Å². The average molecular weight is 203 g/mol. The Morgan fingerprint density at radius 2 is 2.33 bits per heavy atom. The second-order valence-corrected chi connectivity index (χ2v) is 3.94. The van der Waals surface area contributed by atoms with Crippen molar-refractivity contribution in [2.45, 2.75) is 25.2 Å². The summed E-state index contributed by atoms with van der Waals surface area (Å²) in [6.07, 6.45) is 5.66. The summed E-state index contributed by atoms with van der Waals surface area (Å²) < 4.78 is 7.05. The van der Waals surface area contributed by atoms with E-state index in [9.17, 15) is 0 Å². The number of pyridine rings is 1. The van der Waals surface area contributed by atoms with Crippen molar-refractivity contribution in [3.63, 3.8) is 0 Å². The van der Waals surface area contributed by atoms with E-state index in [4.69, 9.17) is 4.74 Å². The average Bonchev–Trinajstić information content (AvgIpc) is 2.57. The molecule has 0 amide bonds. The molecule has 1 aliphatic carbocycles. The van der Waals surface area contributed by atoms with Crippen LogP contribution in [0.15, 0.2) is 18.3 Å². The van der Waals surface area contributed by atoms with Gasteiger partial charge in [-0.3, -0.25) is 0 Å². The molecule has 0 spiro atoms. The van der Waals surface area contributed by atoms with Crippen molar-refractivity contribution in [2.24, 2.45) is 0 Å². The molecule has 1 saturated carbocycles. The number of ether oxygens (including phenoxy) is 1. The zero-order valence-corrected chi connectivity index (χ0v) is 8.68. The largest absolute Gasteiger partial charge is 0.493 e. The van der Waals surface area contributed by atoms with Crippen molar-refractivity contribution < 1.29 is 4.74 Å². The highest BCUT2D eigenvalue weighted by molar-refractivity contribution is 5.52. The number of aromatic nitrogens is 3. The van der Waals surface area contributed by atoms with Crippen molar-refractivity contribution >= 4 is 5.65 Å². The molecular weight excluding hydrogens is 190 g/mol. The predicted molar refractivity (Wildman–Crippen MR) is 56.1 cm³/mol. The zero-order valence-electron chi connectivity index (χ0n) is 8.68. The van der Waals surface area contributed by atoms with Crippen LogP contribution < -0.4 is 4.74 Å². The molecule has 2 aromatic heterocycles. The van der Waals surface area contributed by atoms with Crippen molar-refractivity contribution in [1.29, 1.82) is 0 Å². The van der Waals surface area contributed by atoms with Crippen LogP contribution in [-0.4, -0.2) is 21.7 Å². The molecule has 3 rings (SSSR count). The van der Waals surface area contributed by atoms with Crippen LogP contribution in [-0.2, 0) is 0 Å². The maximum atomic E-state index is 5.25. The Kier molecular flexibility index (Phi) is 1.87.